The highest BCUT2D eigenvalue weighted by Crippen LogP contribution is 2.47. The summed E-state index contributed by atoms with van der Waals surface area (Å²) in [6.45, 7) is 2.47. The minimum Gasteiger partial charge on any atom is -0.368 e. The summed E-state index contributed by atoms with van der Waals surface area (Å²) in [5.41, 5.74) is -0.482. The molecule has 8 nitrogen and oxygen atoms in total. The normalized spacial score (nSPS) is 20.6. The quantitative estimate of drug-likeness (QED) is 0.477. The third kappa shape index (κ3) is 5.06. The Balaban J connectivity index is 1.42. The van der Waals surface area contributed by atoms with E-state index < -0.39 is 22.5 Å². The van der Waals surface area contributed by atoms with Crippen molar-refractivity contribution in [3.05, 3.63) is 64.3 Å². The lowest BCUT2D eigenvalue weighted by atomic mass is 10.00. The summed E-state index contributed by atoms with van der Waals surface area (Å²) in [6.07, 6.45) is 0.0976. The average molecular weight is 528 g/mol. The van der Waals surface area contributed by atoms with E-state index in [-0.39, 0.29) is 30.0 Å². The van der Waals surface area contributed by atoms with Gasteiger partial charge in [0.25, 0.3) is 5.91 Å². The zero-order chi connectivity index (χ0) is 26.3. The molecule has 190 valence electrons. The summed E-state index contributed by atoms with van der Waals surface area (Å²) in [6, 6.07) is 7.16. The number of piperidine rings is 1. The molecule has 0 radical (unpaired) electrons. The first-order valence-corrected chi connectivity index (χ1v) is 12.0. The van der Waals surface area contributed by atoms with Crippen molar-refractivity contribution in [3.63, 3.8) is 0 Å². The molecule has 2 aliphatic rings. The number of amides is 1. The molecule has 1 saturated heterocycles. The Hall–Kier alpha value is -3.78. The molecule has 5 rings (SSSR count). The van der Waals surface area contributed by atoms with E-state index in [0.29, 0.717) is 41.9 Å². The van der Waals surface area contributed by atoms with Gasteiger partial charge in [0.2, 0.25) is 0 Å². The van der Waals surface area contributed by atoms with Gasteiger partial charge in [0.05, 0.1) is 11.1 Å². The van der Waals surface area contributed by atoms with E-state index in [4.69, 9.17) is 16.9 Å². The first kappa shape index (κ1) is 24.9. The first-order chi connectivity index (χ1) is 17.7. The van der Waals surface area contributed by atoms with Crippen LogP contribution in [0.2, 0.25) is 5.15 Å². The third-order valence-electron chi connectivity index (χ3n) is 6.73. The predicted molar refractivity (Wildman–Crippen MR) is 128 cm³/mol. The van der Waals surface area contributed by atoms with Gasteiger partial charge in [-0.1, -0.05) is 11.6 Å². The topological polar surface area (TPSA) is 108 Å². The largest absolute Gasteiger partial charge is 0.417 e. The van der Waals surface area contributed by atoms with Gasteiger partial charge in [-0.15, -0.1) is 0 Å². The average Bonchev–Trinajstić information content (AvgIpc) is 3.64. The Morgan fingerprint density at radius 1 is 1.22 bits per heavy atom. The van der Waals surface area contributed by atoms with E-state index in [9.17, 15) is 18.0 Å². The Morgan fingerprint density at radius 2 is 1.97 bits per heavy atom. The number of hydrogen-bond acceptors (Lipinski definition) is 7. The number of hydrogen-bond donors (Lipinski definition) is 1. The second kappa shape index (κ2) is 9.59. The van der Waals surface area contributed by atoms with Crippen LogP contribution in [0.3, 0.4) is 0 Å². The highest BCUT2D eigenvalue weighted by atomic mass is 35.5. The zero-order valence-electron chi connectivity index (χ0n) is 19.6. The van der Waals surface area contributed by atoms with Crippen LogP contribution in [-0.4, -0.2) is 49.9 Å². The smallest absolute Gasteiger partial charge is 0.368 e. The van der Waals surface area contributed by atoms with Crippen LogP contribution in [0.25, 0.3) is 11.4 Å². The van der Waals surface area contributed by atoms with E-state index >= 15 is 0 Å². The van der Waals surface area contributed by atoms with Gasteiger partial charge in [-0.3, -0.25) is 4.79 Å². The summed E-state index contributed by atoms with van der Waals surface area (Å²) in [7, 11) is 0. The molecule has 12 heteroatoms. The van der Waals surface area contributed by atoms with E-state index in [1.165, 1.54) is 6.07 Å². The number of aryl methyl sites for hydroxylation is 1. The number of alkyl halides is 3. The maximum absolute atomic E-state index is 13.8. The molecule has 1 aliphatic carbocycles. The van der Waals surface area contributed by atoms with Crippen LogP contribution in [-0.2, 0) is 6.18 Å². The van der Waals surface area contributed by atoms with Gasteiger partial charge in [-0.2, -0.15) is 18.4 Å². The SMILES string of the molecule is Cc1ccc(-c2ncccn2)c(C(=O)N2C[C@@H]3C[C@@H]3C[C@H]2CNc2cc(C(F)(F)F)c(C#N)c(Cl)n2)n1. The summed E-state index contributed by atoms with van der Waals surface area (Å²) in [4.78, 5) is 32.5. The second-order valence-corrected chi connectivity index (χ2v) is 9.59. The molecule has 4 heterocycles. The van der Waals surface area contributed by atoms with Crippen LogP contribution in [0.4, 0.5) is 19.0 Å². The molecule has 0 spiro atoms. The minimum atomic E-state index is -4.77. The van der Waals surface area contributed by atoms with Crippen LogP contribution in [0.1, 0.15) is 40.2 Å². The monoisotopic (exact) mass is 527 g/mol. The van der Waals surface area contributed by atoms with Crippen LogP contribution in [0, 0.1) is 30.1 Å². The van der Waals surface area contributed by atoms with Crippen molar-refractivity contribution in [1.82, 2.24) is 24.8 Å². The Kier molecular flexibility index (Phi) is 6.45. The van der Waals surface area contributed by atoms with E-state index in [1.54, 1.807) is 42.4 Å². The maximum atomic E-state index is 13.8. The lowest BCUT2D eigenvalue weighted by Crippen LogP contribution is -2.48. The van der Waals surface area contributed by atoms with Gasteiger partial charge in [0.1, 0.15) is 28.3 Å². The molecule has 1 amide bonds. The number of halogens is 4. The van der Waals surface area contributed by atoms with Crippen molar-refractivity contribution in [3.8, 4) is 17.5 Å². The molecule has 3 aromatic rings. The minimum absolute atomic E-state index is 0.117. The molecule has 1 saturated carbocycles. The molecule has 0 unspecified atom stereocenters. The molecule has 3 aromatic heterocycles. The van der Waals surface area contributed by atoms with Crippen molar-refractivity contribution in [2.24, 2.45) is 11.8 Å². The standard InChI is InChI=1S/C25H21ClF3N7O/c1-13-3-4-17(23-31-5-2-6-32-23)21(34-13)24(37)36-12-15-7-14(15)8-16(36)11-33-20-9-19(25(27,28)29)18(10-30)22(26)35-20/h2-6,9,14-16H,7-8,11-12H2,1H3,(H,33,35)/t14-,15+,16+/m1/s1. The van der Waals surface area contributed by atoms with E-state index in [1.807, 2.05) is 0 Å². The molecule has 1 aliphatic heterocycles. The van der Waals surface area contributed by atoms with Crippen molar-refractivity contribution >= 4 is 23.3 Å². The number of nitrogens with zero attached hydrogens (tertiary/aromatic N) is 6. The van der Waals surface area contributed by atoms with Crippen LogP contribution >= 0.6 is 11.6 Å². The zero-order valence-corrected chi connectivity index (χ0v) is 20.4. The number of likely N-dealkylation sites (tertiary alicyclic amines) is 1. The predicted octanol–water partition coefficient (Wildman–Crippen LogP) is 4.75. The van der Waals surface area contributed by atoms with Crippen molar-refractivity contribution in [2.75, 3.05) is 18.4 Å². The molecular formula is C25H21ClF3N7O. The molecule has 2 fully saturated rings. The number of carbonyl (C=O) groups excluding carboxylic acids is 1. The number of nitrogens with one attached hydrogen (secondary N) is 1. The molecule has 37 heavy (non-hydrogen) atoms. The maximum Gasteiger partial charge on any atom is 0.417 e. The van der Waals surface area contributed by atoms with E-state index in [2.05, 4.69) is 25.3 Å². The fourth-order valence-electron chi connectivity index (χ4n) is 4.77. The Morgan fingerprint density at radius 3 is 2.68 bits per heavy atom. The fraction of sp³-hybridized carbons (Fsp3) is 0.360. The van der Waals surface area contributed by atoms with Gasteiger partial charge < -0.3 is 10.2 Å². The van der Waals surface area contributed by atoms with Gasteiger partial charge >= 0.3 is 6.18 Å². The molecule has 0 aromatic carbocycles. The molecule has 0 bridgehead atoms. The number of carbonyl (C=O) groups is 1. The highest BCUT2D eigenvalue weighted by molar-refractivity contribution is 6.30. The van der Waals surface area contributed by atoms with Crippen LogP contribution in [0.5, 0.6) is 0 Å². The second-order valence-electron chi connectivity index (χ2n) is 9.24. The summed E-state index contributed by atoms with van der Waals surface area (Å²) in [5, 5.41) is 11.5. The van der Waals surface area contributed by atoms with Gasteiger partial charge in [-0.05, 0) is 55.9 Å². The number of fused-ring (bicyclic) bond motifs is 1. The Bertz CT molecular complexity index is 1390. The molecular weight excluding hydrogens is 507 g/mol. The van der Waals surface area contributed by atoms with Gasteiger partial charge in [-0.25, -0.2) is 19.9 Å². The lowest BCUT2D eigenvalue weighted by Gasteiger charge is -2.36. The van der Waals surface area contributed by atoms with Gasteiger partial charge in [0.15, 0.2) is 5.82 Å². The fourth-order valence-corrected chi connectivity index (χ4v) is 5.01. The van der Waals surface area contributed by atoms with E-state index in [0.717, 1.165) is 12.5 Å². The van der Waals surface area contributed by atoms with Crippen molar-refractivity contribution in [1.29, 1.82) is 5.26 Å². The molecule has 3 atom stereocenters. The number of rotatable bonds is 5. The van der Waals surface area contributed by atoms with Crippen LogP contribution < -0.4 is 5.32 Å². The van der Waals surface area contributed by atoms with Crippen molar-refractivity contribution < 1.29 is 18.0 Å². The third-order valence-corrected chi connectivity index (χ3v) is 7.01. The summed E-state index contributed by atoms with van der Waals surface area (Å²) in [5.74, 6) is 0.825. The first-order valence-electron chi connectivity index (χ1n) is 11.6. The number of anilines is 1. The highest BCUT2D eigenvalue weighted by Gasteiger charge is 2.47. The number of aromatic nitrogens is 4. The van der Waals surface area contributed by atoms with Crippen molar-refractivity contribution in [2.45, 2.75) is 32.0 Å². The lowest BCUT2D eigenvalue weighted by molar-refractivity contribution is -0.137. The Labute approximate surface area is 215 Å². The number of pyridine rings is 2. The summed E-state index contributed by atoms with van der Waals surface area (Å²) < 4.78 is 40.4. The van der Waals surface area contributed by atoms with Crippen LogP contribution in [0.15, 0.2) is 36.7 Å². The number of nitriles is 1. The van der Waals surface area contributed by atoms with Gasteiger partial charge in [0, 0.05) is 37.2 Å². The molecule has 1 N–H and O–H groups in total. The summed E-state index contributed by atoms with van der Waals surface area (Å²) >= 11 is 5.88.